The third-order valence-electron chi connectivity index (χ3n) is 5.75. The van der Waals surface area contributed by atoms with Gasteiger partial charge in [0.25, 0.3) is 5.56 Å². The molecule has 0 atom stereocenters. The highest BCUT2D eigenvalue weighted by Gasteiger charge is 2.25. The van der Waals surface area contributed by atoms with Gasteiger partial charge in [0.1, 0.15) is 11.4 Å². The number of aryl methyl sites for hydroxylation is 2. The number of nitrogens with two attached hydrogens (primary N) is 1. The number of H-pyrrole nitrogens is 1. The number of aromatic nitrogens is 2. The van der Waals surface area contributed by atoms with Crippen LogP contribution >= 0.6 is 0 Å². The standard InChI is InChI=1S/C24H32N4O5/c1-14(2)12-28-22(25)20(23(30)26-24(28)31)27(9-6-10-32-5)19(29)11-17-13-33-21-16(4)15(3)7-8-18(17)21/h7-8,13-14H,6,9-12,25H2,1-5H3,(H,26,30,31). The smallest absolute Gasteiger partial charge is 0.330 e. The molecule has 2 aromatic heterocycles. The van der Waals surface area contributed by atoms with Crippen LogP contribution in [0.25, 0.3) is 11.0 Å². The van der Waals surface area contributed by atoms with Crippen LogP contribution in [-0.2, 0) is 22.5 Å². The number of anilines is 2. The van der Waals surface area contributed by atoms with Crippen molar-refractivity contribution < 1.29 is 13.9 Å². The van der Waals surface area contributed by atoms with E-state index in [-0.39, 0.29) is 36.3 Å². The van der Waals surface area contributed by atoms with Crippen molar-refractivity contribution in [3.05, 3.63) is 55.9 Å². The highest BCUT2D eigenvalue weighted by atomic mass is 16.5. The summed E-state index contributed by atoms with van der Waals surface area (Å²) in [6.45, 7) is 8.79. The van der Waals surface area contributed by atoms with Crippen LogP contribution in [0.15, 0.2) is 32.4 Å². The molecule has 0 radical (unpaired) electrons. The first kappa shape index (κ1) is 24.3. The van der Waals surface area contributed by atoms with Gasteiger partial charge in [-0.3, -0.25) is 19.1 Å². The van der Waals surface area contributed by atoms with Gasteiger partial charge < -0.3 is 19.8 Å². The fraction of sp³-hybridized carbons (Fsp3) is 0.458. The normalized spacial score (nSPS) is 11.5. The number of hydrogen-bond donors (Lipinski definition) is 2. The van der Waals surface area contributed by atoms with E-state index in [4.69, 9.17) is 14.9 Å². The molecule has 0 bridgehead atoms. The zero-order valence-corrected chi connectivity index (χ0v) is 19.9. The molecule has 33 heavy (non-hydrogen) atoms. The number of ether oxygens (including phenoxy) is 1. The highest BCUT2D eigenvalue weighted by molar-refractivity contribution is 5.99. The van der Waals surface area contributed by atoms with Gasteiger partial charge in [0.05, 0.1) is 12.7 Å². The molecule has 0 fully saturated rings. The van der Waals surface area contributed by atoms with E-state index < -0.39 is 11.2 Å². The second-order valence-electron chi connectivity index (χ2n) is 8.71. The van der Waals surface area contributed by atoms with Crippen molar-refractivity contribution in [2.45, 2.75) is 47.1 Å². The van der Waals surface area contributed by atoms with Crippen molar-refractivity contribution in [3.8, 4) is 0 Å². The molecule has 3 rings (SSSR count). The lowest BCUT2D eigenvalue weighted by Crippen LogP contribution is -2.42. The molecule has 2 heterocycles. The molecule has 1 amide bonds. The summed E-state index contributed by atoms with van der Waals surface area (Å²) in [5, 5.41) is 0.856. The maximum absolute atomic E-state index is 13.5. The topological polar surface area (TPSA) is 124 Å². The Hall–Kier alpha value is -3.33. The Kier molecular flexibility index (Phi) is 7.43. The van der Waals surface area contributed by atoms with E-state index in [0.717, 1.165) is 27.7 Å². The van der Waals surface area contributed by atoms with Gasteiger partial charge in [0.15, 0.2) is 5.69 Å². The van der Waals surface area contributed by atoms with E-state index in [2.05, 4.69) is 4.98 Å². The third kappa shape index (κ3) is 5.03. The van der Waals surface area contributed by atoms with Crippen LogP contribution in [0.4, 0.5) is 11.5 Å². The average Bonchev–Trinajstić information content (AvgIpc) is 3.15. The number of amides is 1. The van der Waals surface area contributed by atoms with Crippen LogP contribution in [0.2, 0.25) is 0 Å². The molecule has 3 aromatic rings. The number of aromatic amines is 1. The number of nitrogens with one attached hydrogen (secondary N) is 1. The van der Waals surface area contributed by atoms with Crippen LogP contribution in [0.5, 0.6) is 0 Å². The quantitative estimate of drug-likeness (QED) is 0.477. The van der Waals surface area contributed by atoms with E-state index in [1.807, 2.05) is 39.8 Å². The summed E-state index contributed by atoms with van der Waals surface area (Å²) in [5.41, 5.74) is 8.56. The first-order valence-electron chi connectivity index (χ1n) is 11.0. The summed E-state index contributed by atoms with van der Waals surface area (Å²) >= 11 is 0. The molecule has 9 nitrogen and oxygen atoms in total. The van der Waals surface area contributed by atoms with E-state index in [1.165, 1.54) is 9.47 Å². The molecule has 9 heteroatoms. The number of benzene rings is 1. The number of carbonyl (C=O) groups is 1. The Morgan fingerprint density at radius 2 is 2.00 bits per heavy atom. The molecule has 3 N–H and O–H groups in total. The minimum absolute atomic E-state index is 0.0174. The monoisotopic (exact) mass is 456 g/mol. The summed E-state index contributed by atoms with van der Waals surface area (Å²) in [6.07, 6.45) is 2.09. The van der Waals surface area contributed by atoms with Gasteiger partial charge in [-0.25, -0.2) is 4.79 Å². The summed E-state index contributed by atoms with van der Waals surface area (Å²) in [7, 11) is 1.57. The minimum atomic E-state index is -0.688. The fourth-order valence-corrected chi connectivity index (χ4v) is 3.90. The van der Waals surface area contributed by atoms with Crippen molar-refractivity contribution in [2.24, 2.45) is 5.92 Å². The van der Waals surface area contributed by atoms with Crippen LogP contribution in [0.1, 0.15) is 37.0 Å². The molecule has 0 unspecified atom stereocenters. The summed E-state index contributed by atoms with van der Waals surface area (Å²) in [6, 6.07) is 3.92. The van der Waals surface area contributed by atoms with Gasteiger partial charge in [-0.1, -0.05) is 26.0 Å². The molecule has 0 aliphatic heterocycles. The zero-order valence-electron chi connectivity index (χ0n) is 19.9. The van der Waals surface area contributed by atoms with Crippen molar-refractivity contribution in [2.75, 3.05) is 30.9 Å². The second-order valence-corrected chi connectivity index (χ2v) is 8.71. The van der Waals surface area contributed by atoms with Crippen LogP contribution < -0.4 is 21.9 Å². The Balaban J connectivity index is 2.03. The largest absolute Gasteiger partial charge is 0.464 e. The van der Waals surface area contributed by atoms with Gasteiger partial charge in [-0.2, -0.15) is 0 Å². The lowest BCUT2D eigenvalue weighted by atomic mass is 10.0. The molecular formula is C24H32N4O5. The van der Waals surface area contributed by atoms with Crippen molar-refractivity contribution in [1.29, 1.82) is 0 Å². The van der Waals surface area contributed by atoms with Gasteiger partial charge in [-0.05, 0) is 37.3 Å². The van der Waals surface area contributed by atoms with Crippen LogP contribution in [-0.4, -0.2) is 35.7 Å². The first-order valence-corrected chi connectivity index (χ1v) is 11.0. The molecule has 1 aromatic carbocycles. The van der Waals surface area contributed by atoms with E-state index in [1.54, 1.807) is 13.4 Å². The molecular weight excluding hydrogens is 424 g/mol. The predicted molar refractivity (Wildman–Crippen MR) is 129 cm³/mol. The molecule has 0 saturated heterocycles. The van der Waals surface area contributed by atoms with Gasteiger partial charge >= 0.3 is 5.69 Å². The van der Waals surface area contributed by atoms with Crippen molar-refractivity contribution in [1.82, 2.24) is 9.55 Å². The van der Waals surface area contributed by atoms with Crippen molar-refractivity contribution in [3.63, 3.8) is 0 Å². The minimum Gasteiger partial charge on any atom is -0.464 e. The number of nitrogen functional groups attached to an aromatic ring is 1. The van der Waals surface area contributed by atoms with E-state index >= 15 is 0 Å². The Labute approximate surface area is 192 Å². The van der Waals surface area contributed by atoms with Crippen LogP contribution in [0.3, 0.4) is 0 Å². The van der Waals surface area contributed by atoms with Gasteiger partial charge in [-0.15, -0.1) is 0 Å². The van der Waals surface area contributed by atoms with Gasteiger partial charge in [0.2, 0.25) is 5.91 Å². The lowest BCUT2D eigenvalue weighted by molar-refractivity contribution is -0.118. The molecule has 178 valence electrons. The highest BCUT2D eigenvalue weighted by Crippen LogP contribution is 2.28. The van der Waals surface area contributed by atoms with Crippen molar-refractivity contribution >= 4 is 28.4 Å². The predicted octanol–water partition coefficient (Wildman–Crippen LogP) is 2.75. The number of fused-ring (bicyclic) bond motifs is 1. The average molecular weight is 457 g/mol. The zero-order chi connectivity index (χ0) is 24.3. The molecule has 0 aliphatic carbocycles. The number of carbonyl (C=O) groups excluding carboxylic acids is 1. The number of hydrogen-bond acceptors (Lipinski definition) is 6. The SMILES string of the molecule is COCCCN(C(=O)Cc1coc2c(C)c(C)ccc12)c1c(N)n(CC(C)C)c(=O)[nH]c1=O. The Bertz CT molecular complexity index is 1270. The summed E-state index contributed by atoms with van der Waals surface area (Å²) < 4.78 is 12.2. The van der Waals surface area contributed by atoms with Crippen LogP contribution in [0, 0.1) is 19.8 Å². The molecule has 0 saturated carbocycles. The Morgan fingerprint density at radius 1 is 1.27 bits per heavy atom. The maximum atomic E-state index is 13.5. The van der Waals surface area contributed by atoms with Gasteiger partial charge in [0, 0.05) is 37.8 Å². The number of rotatable bonds is 9. The third-order valence-corrected chi connectivity index (χ3v) is 5.75. The maximum Gasteiger partial charge on any atom is 0.330 e. The number of nitrogens with zero attached hydrogens (tertiary/aromatic N) is 2. The number of furan rings is 1. The fourth-order valence-electron chi connectivity index (χ4n) is 3.90. The first-order chi connectivity index (χ1) is 15.6. The summed E-state index contributed by atoms with van der Waals surface area (Å²) in [5.74, 6) is -0.226. The second kappa shape index (κ2) is 10.1. The van der Waals surface area contributed by atoms with E-state index in [9.17, 15) is 14.4 Å². The summed E-state index contributed by atoms with van der Waals surface area (Å²) in [4.78, 5) is 42.3. The lowest BCUT2D eigenvalue weighted by Gasteiger charge is -2.25. The molecule has 0 spiro atoms. The molecule has 0 aliphatic rings. The Morgan fingerprint density at radius 3 is 2.67 bits per heavy atom. The number of methoxy groups -OCH3 is 1. The van der Waals surface area contributed by atoms with E-state index in [0.29, 0.717) is 19.6 Å².